The van der Waals surface area contributed by atoms with E-state index in [-0.39, 0.29) is 24.2 Å². The summed E-state index contributed by atoms with van der Waals surface area (Å²) in [5.74, 6) is -1.10. The number of hydrogen-bond donors (Lipinski definition) is 1. The molecule has 2 aromatic carbocycles. The molecule has 1 aliphatic rings. The van der Waals surface area contributed by atoms with Gasteiger partial charge in [0.05, 0.1) is 29.8 Å². The minimum atomic E-state index is -4.60. The zero-order valence-corrected chi connectivity index (χ0v) is 20.2. The topological polar surface area (TPSA) is 103 Å². The highest BCUT2D eigenvalue weighted by Gasteiger charge is 2.31. The average Bonchev–Trinajstić information content (AvgIpc) is 3.20. The van der Waals surface area contributed by atoms with Crippen molar-refractivity contribution in [1.82, 2.24) is 9.55 Å². The number of esters is 1. The second-order valence-corrected chi connectivity index (χ2v) is 8.61. The van der Waals surface area contributed by atoms with Crippen molar-refractivity contribution in [2.24, 2.45) is 0 Å². The van der Waals surface area contributed by atoms with Crippen molar-refractivity contribution < 1.29 is 37.0 Å². The molecule has 1 saturated heterocycles. The first-order valence-electron chi connectivity index (χ1n) is 11.6. The number of alkyl halides is 3. The molecule has 0 aliphatic carbocycles. The van der Waals surface area contributed by atoms with E-state index in [0.717, 1.165) is 18.2 Å². The van der Waals surface area contributed by atoms with E-state index in [1.165, 1.54) is 17.9 Å². The maximum Gasteiger partial charge on any atom is 0.416 e. The van der Waals surface area contributed by atoms with E-state index in [1.807, 2.05) is 6.92 Å². The standard InChI is InChI=1S/C25H25F3N4O5/c1-15(9-12-36-16(2)33)32-21-8-7-19(31-10-4-11-37-24(31)35)14-20(21)29-23(32)30-22(34)17-5-3-6-18(13-17)25(26,27)28/h3,5-8,13-15H,4,9-12H2,1-2H3,(H,29,30,34)/t15-/m1/s1. The van der Waals surface area contributed by atoms with Crippen molar-refractivity contribution in [3.63, 3.8) is 0 Å². The molecule has 1 fully saturated rings. The van der Waals surface area contributed by atoms with Crippen molar-refractivity contribution in [1.29, 1.82) is 0 Å². The molecular weight excluding hydrogens is 493 g/mol. The molecule has 0 spiro atoms. The Hall–Kier alpha value is -4.09. The second kappa shape index (κ2) is 10.5. The van der Waals surface area contributed by atoms with Gasteiger partial charge in [0.15, 0.2) is 0 Å². The van der Waals surface area contributed by atoms with Crippen LogP contribution >= 0.6 is 0 Å². The number of amides is 2. The molecule has 9 nitrogen and oxygen atoms in total. The summed E-state index contributed by atoms with van der Waals surface area (Å²) < 4.78 is 51.3. The lowest BCUT2D eigenvalue weighted by molar-refractivity contribution is -0.141. The summed E-state index contributed by atoms with van der Waals surface area (Å²) in [5.41, 5.74) is 0.503. The van der Waals surface area contributed by atoms with E-state index in [4.69, 9.17) is 9.47 Å². The first-order valence-corrected chi connectivity index (χ1v) is 11.6. The van der Waals surface area contributed by atoms with E-state index in [2.05, 4.69) is 10.3 Å². The highest BCUT2D eigenvalue weighted by Crippen LogP contribution is 2.32. The molecule has 2 heterocycles. The SMILES string of the molecule is CC(=O)OCC[C@@H](C)n1c(NC(=O)c2cccc(C(F)(F)F)c2)nc2cc(N3CCCOC3=O)ccc21. The number of rotatable bonds is 7. The monoisotopic (exact) mass is 518 g/mol. The number of benzene rings is 2. The first kappa shape index (κ1) is 26.0. The van der Waals surface area contributed by atoms with Crippen molar-refractivity contribution in [3.05, 3.63) is 53.6 Å². The van der Waals surface area contributed by atoms with Gasteiger partial charge in [-0.25, -0.2) is 9.78 Å². The third-order valence-corrected chi connectivity index (χ3v) is 5.92. The fraction of sp³-hybridized carbons (Fsp3) is 0.360. The molecule has 1 aliphatic heterocycles. The zero-order valence-electron chi connectivity index (χ0n) is 20.2. The Kier molecular flexibility index (Phi) is 7.37. The summed E-state index contributed by atoms with van der Waals surface area (Å²) in [4.78, 5) is 42.3. The van der Waals surface area contributed by atoms with Crippen LogP contribution in [0.2, 0.25) is 0 Å². The van der Waals surface area contributed by atoms with Gasteiger partial charge in [0.1, 0.15) is 0 Å². The van der Waals surface area contributed by atoms with Crippen LogP contribution in [0.4, 0.5) is 29.6 Å². The Morgan fingerprint density at radius 2 is 2.00 bits per heavy atom. The van der Waals surface area contributed by atoms with Crippen molar-refractivity contribution in [3.8, 4) is 0 Å². The van der Waals surface area contributed by atoms with Crippen molar-refractivity contribution in [2.75, 3.05) is 30.0 Å². The molecule has 1 aromatic heterocycles. The fourth-order valence-electron chi connectivity index (χ4n) is 4.09. The Morgan fingerprint density at radius 3 is 2.70 bits per heavy atom. The fourth-order valence-corrected chi connectivity index (χ4v) is 4.09. The lowest BCUT2D eigenvalue weighted by atomic mass is 10.1. The number of nitrogens with zero attached hydrogens (tertiary/aromatic N) is 3. The van der Waals surface area contributed by atoms with E-state index >= 15 is 0 Å². The number of aromatic nitrogens is 2. The minimum absolute atomic E-state index is 0.103. The van der Waals surface area contributed by atoms with Gasteiger partial charge in [-0.3, -0.25) is 19.8 Å². The largest absolute Gasteiger partial charge is 0.466 e. The van der Waals surface area contributed by atoms with E-state index in [0.29, 0.717) is 42.7 Å². The molecule has 37 heavy (non-hydrogen) atoms. The summed E-state index contributed by atoms with van der Waals surface area (Å²) in [6.45, 7) is 4.07. The van der Waals surface area contributed by atoms with Crippen LogP contribution in [0, 0.1) is 0 Å². The average molecular weight is 518 g/mol. The molecule has 196 valence electrons. The van der Waals surface area contributed by atoms with E-state index < -0.39 is 29.7 Å². The third kappa shape index (κ3) is 5.84. The molecule has 0 bridgehead atoms. The van der Waals surface area contributed by atoms with Gasteiger partial charge in [0, 0.05) is 37.2 Å². The number of fused-ring (bicyclic) bond motifs is 1. The number of halogens is 3. The number of ether oxygens (including phenoxy) is 2. The number of cyclic esters (lactones) is 1. The number of carbonyl (C=O) groups is 3. The smallest absolute Gasteiger partial charge is 0.416 e. The Bertz CT molecular complexity index is 1340. The summed E-state index contributed by atoms with van der Waals surface area (Å²) >= 11 is 0. The summed E-state index contributed by atoms with van der Waals surface area (Å²) in [5, 5.41) is 2.62. The van der Waals surface area contributed by atoms with Crippen LogP contribution in [0.1, 0.15) is 48.7 Å². The lowest BCUT2D eigenvalue weighted by Gasteiger charge is -2.26. The number of nitrogens with one attached hydrogen (secondary N) is 1. The predicted molar refractivity (Wildman–Crippen MR) is 128 cm³/mol. The molecule has 1 atom stereocenters. The molecule has 0 saturated carbocycles. The van der Waals surface area contributed by atoms with Crippen LogP contribution in [-0.2, 0) is 20.4 Å². The summed E-state index contributed by atoms with van der Waals surface area (Å²) in [6.07, 6.45) is -4.01. The third-order valence-electron chi connectivity index (χ3n) is 5.92. The summed E-state index contributed by atoms with van der Waals surface area (Å²) in [7, 11) is 0. The van der Waals surface area contributed by atoms with Crippen molar-refractivity contribution in [2.45, 2.75) is 38.9 Å². The number of anilines is 2. The normalized spacial score (nSPS) is 14.8. The highest BCUT2D eigenvalue weighted by atomic mass is 19.4. The molecule has 1 N–H and O–H groups in total. The maximum atomic E-state index is 13.1. The Balaban J connectivity index is 1.69. The van der Waals surface area contributed by atoms with Gasteiger partial charge in [-0.1, -0.05) is 6.07 Å². The highest BCUT2D eigenvalue weighted by molar-refractivity contribution is 6.04. The molecule has 12 heteroatoms. The van der Waals surface area contributed by atoms with Gasteiger partial charge in [0.25, 0.3) is 5.91 Å². The van der Waals surface area contributed by atoms with Crippen LogP contribution in [0.15, 0.2) is 42.5 Å². The van der Waals surface area contributed by atoms with Gasteiger partial charge in [-0.2, -0.15) is 13.2 Å². The van der Waals surface area contributed by atoms with E-state index in [9.17, 15) is 27.6 Å². The summed E-state index contributed by atoms with van der Waals surface area (Å²) in [6, 6.07) is 8.92. The van der Waals surface area contributed by atoms with Gasteiger partial charge in [0.2, 0.25) is 5.95 Å². The Labute approximate surface area is 210 Å². The second-order valence-electron chi connectivity index (χ2n) is 8.61. The van der Waals surface area contributed by atoms with Crippen LogP contribution in [-0.4, -0.2) is 47.3 Å². The predicted octanol–water partition coefficient (Wildman–Crippen LogP) is 5.17. The zero-order chi connectivity index (χ0) is 26.7. The quantitative estimate of drug-likeness (QED) is 0.433. The van der Waals surface area contributed by atoms with Gasteiger partial charge in [-0.05, 0) is 49.7 Å². The number of carbonyl (C=O) groups excluding carboxylic acids is 3. The van der Waals surface area contributed by atoms with Crippen LogP contribution in [0.5, 0.6) is 0 Å². The van der Waals surface area contributed by atoms with Gasteiger partial charge >= 0.3 is 18.2 Å². The molecule has 4 rings (SSSR count). The van der Waals surface area contributed by atoms with Crippen LogP contribution in [0.25, 0.3) is 11.0 Å². The van der Waals surface area contributed by atoms with Crippen molar-refractivity contribution >= 4 is 40.6 Å². The number of hydrogen-bond acceptors (Lipinski definition) is 6. The van der Waals surface area contributed by atoms with E-state index in [1.54, 1.807) is 22.8 Å². The molecule has 0 unspecified atom stereocenters. The molecule has 3 aromatic rings. The molecule has 2 amide bonds. The number of imidazole rings is 1. The Morgan fingerprint density at radius 1 is 1.22 bits per heavy atom. The van der Waals surface area contributed by atoms with Crippen LogP contribution < -0.4 is 10.2 Å². The van der Waals surface area contributed by atoms with Gasteiger partial charge in [-0.15, -0.1) is 0 Å². The minimum Gasteiger partial charge on any atom is -0.466 e. The first-order chi connectivity index (χ1) is 17.5. The van der Waals surface area contributed by atoms with Gasteiger partial charge < -0.3 is 14.0 Å². The van der Waals surface area contributed by atoms with Crippen LogP contribution in [0.3, 0.4) is 0 Å². The maximum absolute atomic E-state index is 13.1. The lowest BCUT2D eigenvalue weighted by Crippen LogP contribution is -2.37. The molecule has 0 radical (unpaired) electrons. The molecular formula is C25H25F3N4O5.